The number of halogens is 1. The lowest BCUT2D eigenvalue weighted by atomic mass is 10.2. The molecule has 0 aliphatic heterocycles. The highest BCUT2D eigenvalue weighted by molar-refractivity contribution is 6.27. The van der Waals surface area contributed by atoms with E-state index in [0.717, 1.165) is 12.8 Å². The van der Waals surface area contributed by atoms with Crippen molar-refractivity contribution in [3.63, 3.8) is 0 Å². The standard InChI is InChI=1S/C11H12ClN3O2/c12-5-11(17)15(8-1-2-8)7-10(16)9-6-13-3-4-14-9/h3-4,6,8H,1-2,5,7H2. The van der Waals surface area contributed by atoms with Crippen LogP contribution in [0.25, 0.3) is 0 Å². The Balaban J connectivity index is 2.03. The Kier molecular flexibility index (Phi) is 3.68. The van der Waals surface area contributed by atoms with Crippen LogP contribution in [0.4, 0.5) is 0 Å². The number of carbonyl (C=O) groups is 2. The number of carbonyl (C=O) groups excluding carboxylic acids is 2. The predicted molar refractivity (Wildman–Crippen MR) is 61.8 cm³/mol. The summed E-state index contributed by atoms with van der Waals surface area (Å²) < 4.78 is 0. The quantitative estimate of drug-likeness (QED) is 0.578. The fourth-order valence-electron chi connectivity index (χ4n) is 1.56. The highest BCUT2D eigenvalue weighted by atomic mass is 35.5. The monoisotopic (exact) mass is 253 g/mol. The van der Waals surface area contributed by atoms with E-state index in [4.69, 9.17) is 11.6 Å². The van der Waals surface area contributed by atoms with E-state index in [2.05, 4.69) is 9.97 Å². The molecule has 5 nitrogen and oxygen atoms in total. The summed E-state index contributed by atoms with van der Waals surface area (Å²) in [7, 11) is 0. The number of nitrogens with zero attached hydrogens (tertiary/aromatic N) is 3. The van der Waals surface area contributed by atoms with Gasteiger partial charge in [0.1, 0.15) is 11.6 Å². The SMILES string of the molecule is O=C(CN(C(=O)CCl)C1CC1)c1cnccn1. The van der Waals surface area contributed by atoms with Crippen LogP contribution in [0.2, 0.25) is 0 Å². The van der Waals surface area contributed by atoms with Crippen LogP contribution in [0, 0.1) is 0 Å². The van der Waals surface area contributed by atoms with Crippen molar-refractivity contribution in [2.24, 2.45) is 0 Å². The lowest BCUT2D eigenvalue weighted by Gasteiger charge is -2.20. The maximum Gasteiger partial charge on any atom is 0.238 e. The summed E-state index contributed by atoms with van der Waals surface area (Å²) in [6.45, 7) is 0.0366. The number of Topliss-reactive ketones (excluding diaryl/α,β-unsaturated/α-hetero) is 1. The summed E-state index contributed by atoms with van der Waals surface area (Å²) in [6.07, 6.45) is 6.24. The molecule has 1 fully saturated rings. The topological polar surface area (TPSA) is 63.2 Å². The third-order valence-corrected chi connectivity index (χ3v) is 2.81. The van der Waals surface area contributed by atoms with Crippen molar-refractivity contribution < 1.29 is 9.59 Å². The zero-order valence-electron chi connectivity index (χ0n) is 9.17. The van der Waals surface area contributed by atoms with Gasteiger partial charge in [-0.2, -0.15) is 0 Å². The van der Waals surface area contributed by atoms with E-state index < -0.39 is 0 Å². The van der Waals surface area contributed by atoms with Crippen molar-refractivity contribution in [1.82, 2.24) is 14.9 Å². The lowest BCUT2D eigenvalue weighted by Crippen LogP contribution is -2.38. The zero-order chi connectivity index (χ0) is 12.3. The first-order chi connectivity index (χ1) is 8.22. The van der Waals surface area contributed by atoms with E-state index in [0.29, 0.717) is 0 Å². The summed E-state index contributed by atoms with van der Waals surface area (Å²) in [5.74, 6) is -0.501. The number of aromatic nitrogens is 2. The van der Waals surface area contributed by atoms with Crippen LogP contribution in [0.5, 0.6) is 0 Å². The molecule has 0 atom stereocenters. The van der Waals surface area contributed by atoms with Gasteiger partial charge < -0.3 is 4.90 Å². The van der Waals surface area contributed by atoms with E-state index in [1.807, 2.05) is 0 Å². The Morgan fingerprint density at radius 2 is 2.18 bits per heavy atom. The number of ketones is 1. The molecule has 90 valence electrons. The van der Waals surface area contributed by atoms with E-state index >= 15 is 0 Å². The summed E-state index contributed by atoms with van der Waals surface area (Å²) in [5, 5.41) is 0. The summed E-state index contributed by atoms with van der Waals surface area (Å²) in [4.78, 5) is 32.7. The van der Waals surface area contributed by atoms with Gasteiger partial charge in [-0.05, 0) is 12.8 Å². The molecule has 1 amide bonds. The first-order valence-corrected chi connectivity index (χ1v) is 5.90. The number of hydrogen-bond donors (Lipinski definition) is 0. The number of alkyl halides is 1. The molecule has 0 aromatic carbocycles. The first kappa shape index (κ1) is 12.0. The van der Waals surface area contributed by atoms with Crippen molar-refractivity contribution in [3.05, 3.63) is 24.3 Å². The maximum absolute atomic E-state index is 11.9. The number of rotatable bonds is 5. The molecule has 0 radical (unpaired) electrons. The van der Waals surface area contributed by atoms with E-state index in [-0.39, 0.29) is 35.9 Å². The van der Waals surface area contributed by atoms with Gasteiger partial charge in [-0.1, -0.05) is 0 Å². The van der Waals surface area contributed by atoms with Gasteiger partial charge in [0.15, 0.2) is 0 Å². The molecule has 1 aromatic heterocycles. The van der Waals surface area contributed by atoms with Gasteiger partial charge in [0.05, 0.1) is 12.7 Å². The molecule has 1 aliphatic carbocycles. The highest BCUT2D eigenvalue weighted by Gasteiger charge is 2.33. The Labute approximate surface area is 104 Å². The minimum Gasteiger partial charge on any atom is -0.331 e. The van der Waals surface area contributed by atoms with Crippen molar-refractivity contribution in [2.75, 3.05) is 12.4 Å². The lowest BCUT2D eigenvalue weighted by molar-refractivity contribution is -0.128. The average Bonchev–Trinajstić information content (AvgIpc) is 3.20. The van der Waals surface area contributed by atoms with Crippen LogP contribution in [-0.2, 0) is 4.79 Å². The largest absolute Gasteiger partial charge is 0.331 e. The van der Waals surface area contributed by atoms with Crippen LogP contribution in [0.1, 0.15) is 23.3 Å². The van der Waals surface area contributed by atoms with Gasteiger partial charge in [0.2, 0.25) is 11.7 Å². The van der Waals surface area contributed by atoms with E-state index in [1.54, 1.807) is 0 Å². The minimum absolute atomic E-state index is 0.0366. The van der Waals surface area contributed by atoms with Gasteiger partial charge in [-0.25, -0.2) is 4.98 Å². The summed E-state index contributed by atoms with van der Waals surface area (Å²) in [6, 6.07) is 0.168. The van der Waals surface area contributed by atoms with E-state index in [9.17, 15) is 9.59 Å². The second-order valence-electron chi connectivity index (χ2n) is 3.90. The van der Waals surface area contributed by atoms with Crippen molar-refractivity contribution in [2.45, 2.75) is 18.9 Å². The minimum atomic E-state index is -0.205. The van der Waals surface area contributed by atoms with Crippen molar-refractivity contribution >= 4 is 23.3 Å². The fourth-order valence-corrected chi connectivity index (χ4v) is 1.72. The van der Waals surface area contributed by atoms with Gasteiger partial charge in [-0.3, -0.25) is 14.6 Å². The molecule has 1 heterocycles. The van der Waals surface area contributed by atoms with Crippen LogP contribution >= 0.6 is 11.6 Å². The second-order valence-corrected chi connectivity index (χ2v) is 4.17. The zero-order valence-corrected chi connectivity index (χ0v) is 9.93. The molecular formula is C11H12ClN3O2. The Morgan fingerprint density at radius 3 is 2.71 bits per heavy atom. The van der Waals surface area contributed by atoms with Crippen LogP contribution in [0.3, 0.4) is 0 Å². The van der Waals surface area contributed by atoms with Gasteiger partial charge in [-0.15, -0.1) is 11.6 Å². The molecule has 1 aromatic rings. The number of hydrogen-bond acceptors (Lipinski definition) is 4. The predicted octanol–water partition coefficient (Wildman–Crippen LogP) is 0.889. The molecule has 17 heavy (non-hydrogen) atoms. The van der Waals surface area contributed by atoms with Crippen molar-refractivity contribution in [1.29, 1.82) is 0 Å². The molecule has 6 heteroatoms. The Bertz CT molecular complexity index is 420. The molecule has 0 saturated heterocycles. The Hall–Kier alpha value is -1.49. The fraction of sp³-hybridized carbons (Fsp3) is 0.455. The summed E-state index contributed by atoms with van der Waals surface area (Å²) >= 11 is 5.52. The molecule has 1 aliphatic rings. The third kappa shape index (κ3) is 3.00. The van der Waals surface area contributed by atoms with Crippen molar-refractivity contribution in [3.8, 4) is 0 Å². The molecular weight excluding hydrogens is 242 g/mol. The average molecular weight is 254 g/mol. The number of amides is 1. The normalized spacial score (nSPS) is 14.4. The molecule has 0 spiro atoms. The molecule has 1 saturated carbocycles. The second kappa shape index (κ2) is 5.23. The van der Waals surface area contributed by atoms with Gasteiger partial charge in [0, 0.05) is 18.4 Å². The smallest absolute Gasteiger partial charge is 0.238 e. The Morgan fingerprint density at radius 1 is 1.41 bits per heavy atom. The maximum atomic E-state index is 11.9. The van der Waals surface area contributed by atoms with Gasteiger partial charge in [0.25, 0.3) is 0 Å². The van der Waals surface area contributed by atoms with Crippen LogP contribution in [-0.4, -0.2) is 45.0 Å². The molecule has 0 bridgehead atoms. The molecule has 0 N–H and O–H groups in total. The summed E-state index contributed by atoms with van der Waals surface area (Å²) in [5.41, 5.74) is 0.278. The molecule has 0 unspecified atom stereocenters. The van der Waals surface area contributed by atoms with Crippen LogP contribution in [0.15, 0.2) is 18.6 Å². The van der Waals surface area contributed by atoms with Crippen LogP contribution < -0.4 is 0 Å². The molecule has 2 rings (SSSR count). The highest BCUT2D eigenvalue weighted by Crippen LogP contribution is 2.27. The first-order valence-electron chi connectivity index (χ1n) is 5.37. The third-order valence-electron chi connectivity index (χ3n) is 2.59. The van der Waals surface area contributed by atoms with Gasteiger partial charge >= 0.3 is 0 Å². The van der Waals surface area contributed by atoms with E-state index in [1.165, 1.54) is 23.5 Å².